The highest BCUT2D eigenvalue weighted by Crippen LogP contribution is 2.33. The van der Waals surface area contributed by atoms with Gasteiger partial charge < -0.3 is 4.74 Å². The molecule has 20 heavy (non-hydrogen) atoms. The molecule has 0 saturated carbocycles. The van der Waals surface area contributed by atoms with Crippen LogP contribution in [0.3, 0.4) is 0 Å². The quantitative estimate of drug-likeness (QED) is 0.493. The third-order valence-corrected chi connectivity index (χ3v) is 3.56. The second kappa shape index (κ2) is 4.13. The molecule has 4 aromatic rings. The van der Waals surface area contributed by atoms with E-state index in [1.807, 2.05) is 36.7 Å². The number of rotatable bonds is 1. The average molecular weight is 261 g/mol. The van der Waals surface area contributed by atoms with Crippen molar-refractivity contribution in [3.8, 4) is 5.88 Å². The van der Waals surface area contributed by atoms with E-state index in [2.05, 4.69) is 15.0 Å². The van der Waals surface area contributed by atoms with Gasteiger partial charge in [0, 0.05) is 52.4 Å². The number of nitrogens with zero attached hydrogens (tertiary/aromatic N) is 3. The van der Waals surface area contributed by atoms with Gasteiger partial charge in [-0.25, -0.2) is 4.98 Å². The van der Waals surface area contributed by atoms with E-state index in [4.69, 9.17) is 4.74 Å². The van der Waals surface area contributed by atoms with Crippen molar-refractivity contribution in [1.29, 1.82) is 0 Å². The molecule has 0 aliphatic carbocycles. The first-order chi connectivity index (χ1) is 9.88. The molecule has 96 valence electrons. The Bertz CT molecular complexity index is 915. The number of ether oxygens (including phenoxy) is 1. The van der Waals surface area contributed by atoms with Gasteiger partial charge in [-0.1, -0.05) is 0 Å². The lowest BCUT2D eigenvalue weighted by Gasteiger charge is -2.09. The molecule has 4 nitrogen and oxygen atoms in total. The molecule has 3 aromatic heterocycles. The number of hydrogen-bond acceptors (Lipinski definition) is 4. The number of benzene rings is 1. The standard InChI is InChI=1S/C16H11N3O/c1-20-15-3-2-11-10-4-6-17-8-13(10)14-9-18-7-5-12(14)16(11)19-15/h2-9H,1H3. The first-order valence-electron chi connectivity index (χ1n) is 6.32. The van der Waals surface area contributed by atoms with Crippen LogP contribution in [0.25, 0.3) is 32.4 Å². The molecule has 0 aliphatic heterocycles. The van der Waals surface area contributed by atoms with Gasteiger partial charge in [-0.05, 0) is 23.6 Å². The Balaban J connectivity index is 2.35. The highest BCUT2D eigenvalue weighted by molar-refractivity contribution is 6.23. The van der Waals surface area contributed by atoms with E-state index < -0.39 is 0 Å². The van der Waals surface area contributed by atoms with Crippen LogP contribution in [-0.2, 0) is 0 Å². The molecular formula is C16H11N3O. The van der Waals surface area contributed by atoms with Gasteiger partial charge in [0.1, 0.15) is 0 Å². The monoisotopic (exact) mass is 261 g/mol. The van der Waals surface area contributed by atoms with E-state index in [0.29, 0.717) is 5.88 Å². The van der Waals surface area contributed by atoms with Crippen LogP contribution in [0.15, 0.2) is 49.1 Å². The third kappa shape index (κ3) is 1.45. The zero-order chi connectivity index (χ0) is 13.5. The van der Waals surface area contributed by atoms with Crippen LogP contribution in [0.5, 0.6) is 5.88 Å². The molecule has 0 unspecified atom stereocenters. The van der Waals surface area contributed by atoms with Gasteiger partial charge in [0.2, 0.25) is 5.88 Å². The molecule has 4 rings (SSSR count). The largest absolute Gasteiger partial charge is 0.481 e. The number of methoxy groups -OCH3 is 1. The van der Waals surface area contributed by atoms with Crippen LogP contribution in [0.2, 0.25) is 0 Å². The van der Waals surface area contributed by atoms with Gasteiger partial charge in [-0.2, -0.15) is 0 Å². The smallest absolute Gasteiger partial charge is 0.213 e. The molecule has 4 heteroatoms. The number of pyridine rings is 3. The van der Waals surface area contributed by atoms with E-state index in [1.54, 1.807) is 19.5 Å². The van der Waals surface area contributed by atoms with Crippen LogP contribution in [-0.4, -0.2) is 22.1 Å². The van der Waals surface area contributed by atoms with Crippen LogP contribution < -0.4 is 4.74 Å². The summed E-state index contributed by atoms with van der Waals surface area (Å²) in [5, 5.41) is 5.45. The molecule has 0 radical (unpaired) electrons. The lowest BCUT2D eigenvalue weighted by atomic mass is 10.0. The third-order valence-electron chi connectivity index (χ3n) is 3.56. The van der Waals surface area contributed by atoms with Gasteiger partial charge in [-0.3, -0.25) is 9.97 Å². The summed E-state index contributed by atoms with van der Waals surface area (Å²) >= 11 is 0. The fraction of sp³-hybridized carbons (Fsp3) is 0.0625. The molecule has 0 bridgehead atoms. The van der Waals surface area contributed by atoms with Gasteiger partial charge in [0.25, 0.3) is 0 Å². The predicted molar refractivity (Wildman–Crippen MR) is 78.9 cm³/mol. The van der Waals surface area contributed by atoms with Gasteiger partial charge in [-0.15, -0.1) is 0 Å². The molecule has 3 heterocycles. The van der Waals surface area contributed by atoms with Crippen LogP contribution in [0, 0.1) is 0 Å². The minimum Gasteiger partial charge on any atom is -0.481 e. The van der Waals surface area contributed by atoms with E-state index in [-0.39, 0.29) is 0 Å². The van der Waals surface area contributed by atoms with Crippen molar-refractivity contribution in [2.75, 3.05) is 7.11 Å². The Morgan fingerprint density at radius 1 is 0.750 bits per heavy atom. The summed E-state index contributed by atoms with van der Waals surface area (Å²) in [6.07, 6.45) is 7.32. The number of aromatic nitrogens is 3. The summed E-state index contributed by atoms with van der Waals surface area (Å²) in [5.74, 6) is 0.615. The first-order valence-corrected chi connectivity index (χ1v) is 6.32. The molecule has 0 saturated heterocycles. The molecule has 0 N–H and O–H groups in total. The lowest BCUT2D eigenvalue weighted by Crippen LogP contribution is -1.91. The minimum absolute atomic E-state index is 0.615. The maximum Gasteiger partial charge on any atom is 0.213 e. The molecule has 0 atom stereocenters. The number of hydrogen-bond donors (Lipinski definition) is 0. The normalized spacial score (nSPS) is 11.2. The topological polar surface area (TPSA) is 47.9 Å². The Labute approximate surface area is 115 Å². The summed E-state index contributed by atoms with van der Waals surface area (Å²) in [6.45, 7) is 0. The Morgan fingerprint density at radius 3 is 2.15 bits per heavy atom. The number of fused-ring (bicyclic) bond motifs is 6. The van der Waals surface area contributed by atoms with E-state index in [9.17, 15) is 0 Å². The minimum atomic E-state index is 0.615. The molecule has 0 spiro atoms. The Morgan fingerprint density at radius 2 is 1.40 bits per heavy atom. The molecule has 1 aromatic carbocycles. The van der Waals surface area contributed by atoms with E-state index >= 15 is 0 Å². The van der Waals surface area contributed by atoms with Crippen LogP contribution >= 0.6 is 0 Å². The average Bonchev–Trinajstić information content (AvgIpc) is 2.54. The first kappa shape index (κ1) is 11.1. The van der Waals surface area contributed by atoms with Gasteiger partial charge in [0.05, 0.1) is 12.6 Å². The van der Waals surface area contributed by atoms with Crippen molar-refractivity contribution < 1.29 is 4.74 Å². The van der Waals surface area contributed by atoms with Crippen molar-refractivity contribution in [3.05, 3.63) is 49.1 Å². The van der Waals surface area contributed by atoms with Crippen molar-refractivity contribution >= 4 is 32.4 Å². The van der Waals surface area contributed by atoms with Crippen LogP contribution in [0.4, 0.5) is 0 Å². The molecule has 0 fully saturated rings. The van der Waals surface area contributed by atoms with E-state index in [1.165, 1.54) is 0 Å². The van der Waals surface area contributed by atoms with Gasteiger partial charge >= 0.3 is 0 Å². The maximum atomic E-state index is 5.24. The summed E-state index contributed by atoms with van der Waals surface area (Å²) in [4.78, 5) is 13.1. The highest BCUT2D eigenvalue weighted by atomic mass is 16.5. The fourth-order valence-corrected chi connectivity index (χ4v) is 2.64. The van der Waals surface area contributed by atoms with Crippen LogP contribution in [0.1, 0.15) is 0 Å². The second-order valence-corrected chi connectivity index (χ2v) is 4.59. The summed E-state index contributed by atoms with van der Waals surface area (Å²) in [7, 11) is 1.63. The SMILES string of the molecule is COc1ccc2c3ccncc3c3cnccc3c2n1. The van der Waals surface area contributed by atoms with Crippen molar-refractivity contribution in [3.63, 3.8) is 0 Å². The van der Waals surface area contributed by atoms with E-state index in [0.717, 1.165) is 32.4 Å². The molecular weight excluding hydrogens is 250 g/mol. The summed E-state index contributed by atoms with van der Waals surface area (Å²) < 4.78 is 5.24. The molecule has 0 aliphatic rings. The van der Waals surface area contributed by atoms with Crippen molar-refractivity contribution in [2.45, 2.75) is 0 Å². The highest BCUT2D eigenvalue weighted by Gasteiger charge is 2.10. The Hall–Kier alpha value is -2.75. The van der Waals surface area contributed by atoms with Crippen molar-refractivity contribution in [2.24, 2.45) is 0 Å². The zero-order valence-electron chi connectivity index (χ0n) is 10.9. The second-order valence-electron chi connectivity index (χ2n) is 4.59. The zero-order valence-corrected chi connectivity index (χ0v) is 10.9. The predicted octanol–water partition coefficient (Wildman–Crippen LogP) is 3.34. The summed E-state index contributed by atoms with van der Waals surface area (Å²) in [5.41, 5.74) is 0.931. The Kier molecular flexibility index (Phi) is 2.29. The summed E-state index contributed by atoms with van der Waals surface area (Å²) in [6, 6.07) is 7.92. The maximum absolute atomic E-state index is 5.24. The van der Waals surface area contributed by atoms with Gasteiger partial charge in [0.15, 0.2) is 0 Å². The molecule has 0 amide bonds. The lowest BCUT2D eigenvalue weighted by molar-refractivity contribution is 0.399. The fourth-order valence-electron chi connectivity index (χ4n) is 2.64. The van der Waals surface area contributed by atoms with Crippen molar-refractivity contribution in [1.82, 2.24) is 15.0 Å².